The van der Waals surface area contributed by atoms with Gasteiger partial charge in [-0.3, -0.25) is 4.79 Å². The lowest BCUT2D eigenvalue weighted by Gasteiger charge is -2.42. The van der Waals surface area contributed by atoms with Crippen molar-refractivity contribution in [3.8, 4) is 28.7 Å². The Morgan fingerprint density at radius 1 is 1.02 bits per heavy atom. The van der Waals surface area contributed by atoms with Gasteiger partial charge in [0.15, 0.2) is 29.7 Å². The van der Waals surface area contributed by atoms with Gasteiger partial charge in [-0.15, -0.1) is 0 Å². The zero-order chi connectivity index (χ0) is 30.3. The van der Waals surface area contributed by atoms with Gasteiger partial charge in [0.05, 0.1) is 33.4 Å². The molecule has 0 saturated carbocycles. The van der Waals surface area contributed by atoms with E-state index in [4.69, 9.17) is 28.4 Å². The lowest BCUT2D eigenvalue weighted by Crippen LogP contribution is -2.62. The number of carbonyl (C=O) groups excluding carboxylic acids is 1. The van der Waals surface area contributed by atoms with Gasteiger partial charge in [0.25, 0.3) is 0 Å². The largest absolute Gasteiger partial charge is 0.507 e. The number of aromatic hydroxyl groups is 2. The predicted molar refractivity (Wildman–Crippen MR) is 136 cm³/mol. The molecule has 15 nitrogen and oxygen atoms in total. The molecule has 42 heavy (non-hydrogen) atoms. The van der Waals surface area contributed by atoms with Crippen LogP contribution < -0.4 is 14.2 Å². The van der Waals surface area contributed by atoms with E-state index in [9.17, 15) is 45.6 Å². The highest BCUT2D eigenvalue weighted by molar-refractivity contribution is 6.02. The summed E-state index contributed by atoms with van der Waals surface area (Å²) < 4.78 is 33.4. The number of hydrogen-bond donors (Lipinski definition) is 8. The topological polar surface area (TPSA) is 234 Å². The van der Waals surface area contributed by atoms with Crippen molar-refractivity contribution in [2.45, 2.75) is 61.2 Å². The van der Waals surface area contributed by atoms with Crippen molar-refractivity contribution in [2.75, 3.05) is 26.9 Å². The van der Waals surface area contributed by atoms with Crippen molar-refractivity contribution in [2.24, 2.45) is 0 Å². The van der Waals surface area contributed by atoms with Crippen LogP contribution in [0.25, 0.3) is 0 Å². The molecule has 2 aromatic rings. The molecule has 0 aromatic heterocycles. The number of aliphatic hydroxyl groups excluding tert-OH is 5. The van der Waals surface area contributed by atoms with E-state index in [1.54, 1.807) is 6.07 Å². The molecule has 0 radical (unpaired) electrons. The van der Waals surface area contributed by atoms with Crippen LogP contribution in [0.4, 0.5) is 0 Å². The Bertz CT molecular complexity index is 1300. The zero-order valence-corrected chi connectivity index (χ0v) is 22.3. The first-order valence-corrected chi connectivity index (χ1v) is 13.0. The number of rotatable bonds is 8. The van der Waals surface area contributed by atoms with Gasteiger partial charge in [0, 0.05) is 12.1 Å². The lowest BCUT2D eigenvalue weighted by atomic mass is 9.95. The van der Waals surface area contributed by atoms with E-state index in [2.05, 4.69) is 0 Å². The van der Waals surface area contributed by atoms with E-state index in [0.717, 1.165) is 6.07 Å². The number of fused-ring (bicyclic) bond motifs is 1. The lowest BCUT2D eigenvalue weighted by molar-refractivity contribution is -0.318. The van der Waals surface area contributed by atoms with Gasteiger partial charge >= 0.3 is 0 Å². The van der Waals surface area contributed by atoms with Crippen LogP contribution in [-0.2, 0) is 14.2 Å². The molecule has 9 atom stereocenters. The molecule has 230 valence electrons. The van der Waals surface area contributed by atoms with Gasteiger partial charge in [-0.05, 0) is 17.7 Å². The number of hydrogen-bond acceptors (Lipinski definition) is 15. The highest BCUT2D eigenvalue weighted by Gasteiger charge is 2.53. The Labute approximate surface area is 238 Å². The quantitative estimate of drug-likeness (QED) is 0.172. The third-order valence-electron chi connectivity index (χ3n) is 7.50. The maximum Gasteiger partial charge on any atom is 0.229 e. The maximum atomic E-state index is 13.0. The van der Waals surface area contributed by atoms with E-state index < -0.39 is 86.2 Å². The van der Waals surface area contributed by atoms with E-state index >= 15 is 0 Å². The molecule has 3 heterocycles. The minimum Gasteiger partial charge on any atom is -0.507 e. The predicted octanol–water partition coefficient (Wildman–Crippen LogP) is -1.54. The van der Waals surface area contributed by atoms with Crippen molar-refractivity contribution in [1.82, 2.24) is 0 Å². The van der Waals surface area contributed by atoms with Gasteiger partial charge < -0.3 is 69.3 Å². The Balaban J connectivity index is 1.41. The van der Waals surface area contributed by atoms with E-state index in [1.165, 1.54) is 25.3 Å². The van der Waals surface area contributed by atoms with Gasteiger partial charge in [0.2, 0.25) is 6.29 Å². The van der Waals surface area contributed by atoms with Crippen LogP contribution in [0.1, 0.15) is 28.4 Å². The molecule has 0 amide bonds. The first-order valence-electron chi connectivity index (χ1n) is 13.0. The highest BCUT2D eigenvalue weighted by atomic mass is 16.8. The molecule has 5 rings (SSSR count). The summed E-state index contributed by atoms with van der Waals surface area (Å²) in [5, 5.41) is 81.5. The molecule has 2 saturated heterocycles. The van der Waals surface area contributed by atoms with E-state index in [-0.39, 0.29) is 35.0 Å². The van der Waals surface area contributed by atoms with Crippen LogP contribution in [0.2, 0.25) is 0 Å². The maximum absolute atomic E-state index is 13.0. The summed E-state index contributed by atoms with van der Waals surface area (Å²) in [4.78, 5) is 13.0. The number of carbonyl (C=O) groups is 1. The van der Waals surface area contributed by atoms with Crippen LogP contribution in [-0.4, -0.2) is 122 Å². The summed E-state index contributed by atoms with van der Waals surface area (Å²) in [7, 11) is 1.37. The summed E-state index contributed by atoms with van der Waals surface area (Å²) >= 11 is 0. The Morgan fingerprint density at radius 2 is 1.79 bits per heavy atom. The number of phenols is 2. The Hall–Kier alpha value is -3.25. The van der Waals surface area contributed by atoms with Gasteiger partial charge in [-0.1, -0.05) is 6.07 Å². The molecular weight excluding hydrogens is 564 g/mol. The number of benzene rings is 2. The van der Waals surface area contributed by atoms with E-state index in [0.29, 0.717) is 5.56 Å². The number of methoxy groups -OCH3 is 1. The number of Topliss-reactive ketones (excluding diaryl/α,β-unsaturated/α-hetero) is 1. The third kappa shape index (κ3) is 5.46. The van der Waals surface area contributed by atoms with Crippen LogP contribution in [0.15, 0.2) is 30.3 Å². The molecule has 0 spiro atoms. The third-order valence-corrected chi connectivity index (χ3v) is 7.50. The second-order valence-corrected chi connectivity index (χ2v) is 10.3. The average Bonchev–Trinajstić information content (AvgIpc) is 3.25. The molecule has 8 N–H and O–H groups in total. The van der Waals surface area contributed by atoms with Crippen LogP contribution in [0.3, 0.4) is 0 Å². The fourth-order valence-electron chi connectivity index (χ4n) is 5.06. The second kappa shape index (κ2) is 11.8. The molecule has 2 aromatic carbocycles. The minimum atomic E-state index is -2.04. The summed E-state index contributed by atoms with van der Waals surface area (Å²) in [6, 6.07) is 6.83. The zero-order valence-electron chi connectivity index (χ0n) is 22.3. The minimum absolute atomic E-state index is 0.0478. The molecular formula is C27H32O15. The van der Waals surface area contributed by atoms with Crippen molar-refractivity contribution < 1.29 is 74.1 Å². The summed E-state index contributed by atoms with van der Waals surface area (Å²) in [6.45, 7) is -2.06. The molecule has 15 heteroatoms. The Kier molecular flexibility index (Phi) is 8.48. The monoisotopic (exact) mass is 596 g/mol. The molecule has 3 aliphatic rings. The molecule has 3 aliphatic heterocycles. The summed E-state index contributed by atoms with van der Waals surface area (Å²) in [6.07, 6.45) is -12.2. The first kappa shape index (κ1) is 30.2. The molecule has 2 fully saturated rings. The molecule has 0 bridgehead atoms. The van der Waals surface area contributed by atoms with Crippen molar-refractivity contribution in [3.05, 3.63) is 41.5 Å². The van der Waals surface area contributed by atoms with Crippen molar-refractivity contribution in [3.63, 3.8) is 0 Å². The van der Waals surface area contributed by atoms with Crippen LogP contribution in [0.5, 0.6) is 28.7 Å². The smallest absolute Gasteiger partial charge is 0.229 e. The number of aliphatic hydroxyl groups is 6. The fraction of sp³-hybridized carbons (Fsp3) is 0.519. The van der Waals surface area contributed by atoms with E-state index in [1.807, 2.05) is 0 Å². The molecule has 0 unspecified atom stereocenters. The average molecular weight is 597 g/mol. The normalized spacial score (nSPS) is 34.5. The standard InChI is InChI=1S/C27H32O15/c1-37-17-4-11(2-3-13(17)30)16-7-15(32)20-14(31)5-12(6-18(20)40-16)39-25-23(22(34)21(33)19(8-28)41-25)42-26-24(35)27(36,9-29)10-38-26/h2-6,16,19,21-26,28-31,33-36H,7-10H2,1H3/t16-,19+,21+,22-,23+,24+,25-,26-,27-/m1/s1. The Morgan fingerprint density at radius 3 is 2.45 bits per heavy atom. The van der Waals surface area contributed by atoms with Gasteiger partial charge in [-0.25, -0.2) is 0 Å². The van der Waals surface area contributed by atoms with Crippen LogP contribution in [0, 0.1) is 0 Å². The number of phenolic OH excluding ortho intramolecular Hbond substituents is 2. The van der Waals surface area contributed by atoms with Crippen LogP contribution >= 0.6 is 0 Å². The fourth-order valence-corrected chi connectivity index (χ4v) is 5.06. The second-order valence-electron chi connectivity index (χ2n) is 10.3. The van der Waals surface area contributed by atoms with Crippen molar-refractivity contribution in [1.29, 1.82) is 0 Å². The molecule has 0 aliphatic carbocycles. The summed E-state index contributed by atoms with van der Waals surface area (Å²) in [5.74, 6) is -1.02. The number of ketones is 1. The first-order chi connectivity index (χ1) is 20.0. The SMILES string of the molecule is COc1cc([C@H]2CC(=O)c3c(O)cc(O[C@@H]4O[C@@H](CO)[C@H](O)[C@@H](O)[C@@H]4O[C@H]4OC[C@](O)(CO)[C@H]4O)cc3O2)ccc1O. The van der Waals surface area contributed by atoms with Crippen molar-refractivity contribution >= 4 is 5.78 Å². The number of ether oxygens (including phenoxy) is 6. The highest BCUT2D eigenvalue weighted by Crippen LogP contribution is 2.44. The van der Waals surface area contributed by atoms with Gasteiger partial charge in [-0.2, -0.15) is 0 Å². The summed E-state index contributed by atoms with van der Waals surface area (Å²) in [5.41, 5.74) is -1.63. The van der Waals surface area contributed by atoms with Gasteiger partial charge in [0.1, 0.15) is 58.9 Å².